The minimum Gasteiger partial charge on any atom is -0.357 e. The van der Waals surface area contributed by atoms with Gasteiger partial charge in [0, 0.05) is 14.1 Å². The van der Waals surface area contributed by atoms with Crippen molar-refractivity contribution in [3.63, 3.8) is 0 Å². The van der Waals surface area contributed by atoms with Gasteiger partial charge in [-0.3, -0.25) is 14.3 Å². The molecule has 1 heterocycles. The first-order valence-electron chi connectivity index (χ1n) is 6.72. The van der Waals surface area contributed by atoms with Gasteiger partial charge in [0.2, 0.25) is 5.91 Å². The normalized spacial score (nSPS) is 11.8. The third-order valence-corrected chi connectivity index (χ3v) is 3.85. The number of amides is 2. The second kappa shape index (κ2) is 6.62. The average molecular weight is 321 g/mol. The monoisotopic (exact) mass is 320 g/mol. The van der Waals surface area contributed by atoms with Crippen LogP contribution in [0, 0.1) is 6.92 Å². The van der Waals surface area contributed by atoms with E-state index in [-0.39, 0.29) is 16.6 Å². The van der Waals surface area contributed by atoms with E-state index in [1.54, 1.807) is 38.2 Å². The standard InChI is InChI=1S/C15H17ClN4O2/c1-9-11(16)13(19-20(9)3)15(22)18-12(14(21)17-2)10-7-5-4-6-8-10/h4-8,12H,1-3H3,(H,17,21)(H,18,22)/t12-/m0/s1. The van der Waals surface area contributed by atoms with Gasteiger partial charge in [0.1, 0.15) is 6.04 Å². The van der Waals surface area contributed by atoms with Gasteiger partial charge in [-0.25, -0.2) is 0 Å². The SMILES string of the molecule is CNC(=O)[C@@H](NC(=O)c1nn(C)c(C)c1Cl)c1ccccc1. The van der Waals surface area contributed by atoms with E-state index in [2.05, 4.69) is 15.7 Å². The fraction of sp³-hybridized carbons (Fsp3) is 0.267. The summed E-state index contributed by atoms with van der Waals surface area (Å²) in [5.74, 6) is -0.811. The number of benzene rings is 1. The number of nitrogens with zero attached hydrogens (tertiary/aromatic N) is 2. The van der Waals surface area contributed by atoms with Gasteiger partial charge in [0.25, 0.3) is 5.91 Å². The maximum Gasteiger partial charge on any atom is 0.274 e. The smallest absolute Gasteiger partial charge is 0.274 e. The van der Waals surface area contributed by atoms with E-state index in [1.165, 1.54) is 11.7 Å². The summed E-state index contributed by atoms with van der Waals surface area (Å²) < 4.78 is 1.52. The van der Waals surface area contributed by atoms with Gasteiger partial charge in [-0.05, 0) is 12.5 Å². The molecule has 2 N–H and O–H groups in total. The molecule has 7 heteroatoms. The first-order valence-corrected chi connectivity index (χ1v) is 7.10. The van der Waals surface area contributed by atoms with Crippen LogP contribution in [0.4, 0.5) is 0 Å². The van der Waals surface area contributed by atoms with Crippen LogP contribution < -0.4 is 10.6 Å². The summed E-state index contributed by atoms with van der Waals surface area (Å²) in [6.45, 7) is 1.76. The van der Waals surface area contributed by atoms with Crippen LogP contribution in [0.5, 0.6) is 0 Å². The zero-order valence-corrected chi connectivity index (χ0v) is 13.3. The second-order valence-corrected chi connectivity index (χ2v) is 5.18. The van der Waals surface area contributed by atoms with Crippen LogP contribution in [0.1, 0.15) is 27.8 Å². The minimum absolute atomic E-state index is 0.103. The molecule has 0 radical (unpaired) electrons. The van der Waals surface area contributed by atoms with Crippen molar-refractivity contribution in [1.82, 2.24) is 20.4 Å². The van der Waals surface area contributed by atoms with Crippen molar-refractivity contribution in [1.29, 1.82) is 0 Å². The van der Waals surface area contributed by atoms with Gasteiger partial charge in [-0.1, -0.05) is 41.9 Å². The van der Waals surface area contributed by atoms with E-state index >= 15 is 0 Å². The highest BCUT2D eigenvalue weighted by Gasteiger charge is 2.25. The minimum atomic E-state index is -0.808. The molecule has 1 aromatic heterocycles. The maximum absolute atomic E-state index is 12.4. The van der Waals surface area contributed by atoms with Gasteiger partial charge in [0.05, 0.1) is 10.7 Å². The topological polar surface area (TPSA) is 76.0 Å². The summed E-state index contributed by atoms with van der Waals surface area (Å²) in [7, 11) is 3.22. The second-order valence-electron chi connectivity index (χ2n) is 4.80. The van der Waals surface area contributed by atoms with Crippen molar-refractivity contribution in [2.75, 3.05) is 7.05 Å². The average Bonchev–Trinajstić information content (AvgIpc) is 2.80. The molecule has 116 valence electrons. The third-order valence-electron chi connectivity index (χ3n) is 3.39. The molecule has 2 amide bonds. The Balaban J connectivity index is 2.29. The molecule has 22 heavy (non-hydrogen) atoms. The predicted molar refractivity (Wildman–Crippen MR) is 83.7 cm³/mol. The van der Waals surface area contributed by atoms with Crippen LogP contribution in [-0.4, -0.2) is 28.6 Å². The molecule has 0 unspecified atom stereocenters. The molecule has 0 spiro atoms. The lowest BCUT2D eigenvalue weighted by atomic mass is 10.1. The first kappa shape index (κ1) is 16.0. The third kappa shape index (κ3) is 3.12. The molecule has 6 nitrogen and oxygen atoms in total. The Morgan fingerprint density at radius 2 is 1.91 bits per heavy atom. The lowest BCUT2D eigenvalue weighted by molar-refractivity contribution is -0.122. The Bertz CT molecular complexity index is 697. The van der Waals surface area contributed by atoms with Crippen LogP contribution in [0.25, 0.3) is 0 Å². The molecule has 0 saturated carbocycles. The number of rotatable bonds is 4. The Morgan fingerprint density at radius 3 is 2.41 bits per heavy atom. The number of halogens is 1. The van der Waals surface area contributed by atoms with Crippen molar-refractivity contribution in [3.8, 4) is 0 Å². The lowest BCUT2D eigenvalue weighted by Crippen LogP contribution is -2.39. The fourth-order valence-electron chi connectivity index (χ4n) is 2.02. The van der Waals surface area contributed by atoms with E-state index < -0.39 is 11.9 Å². The molecule has 0 aliphatic carbocycles. The molecule has 1 atom stereocenters. The predicted octanol–water partition coefficient (Wildman–Crippen LogP) is 1.60. The highest BCUT2D eigenvalue weighted by molar-refractivity contribution is 6.34. The number of aryl methyl sites for hydroxylation is 1. The number of aromatic nitrogens is 2. The molecule has 2 rings (SSSR count). The molecule has 0 aliphatic heterocycles. The van der Waals surface area contributed by atoms with Crippen LogP contribution in [-0.2, 0) is 11.8 Å². The maximum atomic E-state index is 12.4. The van der Waals surface area contributed by atoms with Crippen molar-refractivity contribution < 1.29 is 9.59 Å². The molecular formula is C15H17ClN4O2. The molecule has 0 saturated heterocycles. The zero-order valence-electron chi connectivity index (χ0n) is 12.6. The summed E-state index contributed by atoms with van der Waals surface area (Å²) in [6, 6.07) is 8.17. The fourth-order valence-corrected chi connectivity index (χ4v) is 2.26. The Hall–Kier alpha value is -2.34. The number of carbonyl (C=O) groups excluding carboxylic acids is 2. The van der Waals surface area contributed by atoms with Crippen molar-refractivity contribution in [3.05, 3.63) is 52.3 Å². The van der Waals surface area contributed by atoms with Crippen LogP contribution in [0.15, 0.2) is 30.3 Å². The van der Waals surface area contributed by atoms with Gasteiger partial charge in [0.15, 0.2) is 5.69 Å². The van der Waals surface area contributed by atoms with E-state index in [0.717, 1.165) is 0 Å². The number of nitrogens with one attached hydrogen (secondary N) is 2. The first-order chi connectivity index (χ1) is 10.5. The van der Waals surface area contributed by atoms with Gasteiger partial charge in [-0.15, -0.1) is 0 Å². The van der Waals surface area contributed by atoms with E-state index in [9.17, 15) is 9.59 Å². The van der Waals surface area contributed by atoms with Gasteiger partial charge >= 0.3 is 0 Å². The molecule has 0 aliphatic rings. The van der Waals surface area contributed by atoms with Gasteiger partial charge in [-0.2, -0.15) is 5.10 Å². The quantitative estimate of drug-likeness (QED) is 0.898. The molecule has 2 aromatic rings. The number of hydrogen-bond donors (Lipinski definition) is 2. The van der Waals surface area contributed by atoms with E-state index in [0.29, 0.717) is 11.3 Å². The van der Waals surface area contributed by atoms with Crippen molar-refractivity contribution >= 4 is 23.4 Å². The van der Waals surface area contributed by atoms with Crippen LogP contribution >= 0.6 is 11.6 Å². The zero-order chi connectivity index (χ0) is 16.3. The Morgan fingerprint density at radius 1 is 1.27 bits per heavy atom. The highest BCUT2D eigenvalue weighted by Crippen LogP contribution is 2.20. The highest BCUT2D eigenvalue weighted by atomic mass is 35.5. The Labute approximate surface area is 133 Å². The van der Waals surface area contributed by atoms with Crippen molar-refractivity contribution in [2.45, 2.75) is 13.0 Å². The summed E-state index contributed by atoms with van der Waals surface area (Å²) in [5, 5.41) is 9.57. The molecule has 1 aromatic carbocycles. The molecular weight excluding hydrogens is 304 g/mol. The van der Waals surface area contributed by atoms with Gasteiger partial charge < -0.3 is 10.6 Å². The number of hydrogen-bond acceptors (Lipinski definition) is 3. The van der Waals surface area contributed by atoms with Crippen LogP contribution in [0.2, 0.25) is 5.02 Å². The summed E-state index contributed by atoms with van der Waals surface area (Å²) >= 11 is 6.11. The van der Waals surface area contributed by atoms with Crippen LogP contribution in [0.3, 0.4) is 0 Å². The van der Waals surface area contributed by atoms with Crippen molar-refractivity contribution in [2.24, 2.45) is 7.05 Å². The Kier molecular flexibility index (Phi) is 4.82. The largest absolute Gasteiger partial charge is 0.357 e. The van der Waals surface area contributed by atoms with E-state index in [4.69, 9.17) is 11.6 Å². The number of likely N-dealkylation sites (N-methyl/N-ethyl adjacent to an activating group) is 1. The summed E-state index contributed by atoms with van der Waals surface area (Å²) in [5.41, 5.74) is 1.47. The number of carbonyl (C=O) groups is 2. The summed E-state index contributed by atoms with van der Waals surface area (Å²) in [4.78, 5) is 24.4. The summed E-state index contributed by atoms with van der Waals surface area (Å²) in [6.07, 6.45) is 0. The molecule has 0 bridgehead atoms. The van der Waals surface area contributed by atoms with E-state index in [1.807, 2.05) is 6.07 Å². The molecule has 0 fully saturated rings. The lowest BCUT2D eigenvalue weighted by Gasteiger charge is -2.17.